The zero-order valence-corrected chi connectivity index (χ0v) is 12.6. The Bertz CT molecular complexity index is 547. The molecule has 1 aromatic rings. The second-order valence-electron chi connectivity index (χ2n) is 5.61. The van der Waals surface area contributed by atoms with Crippen LogP contribution in [-0.4, -0.2) is 16.6 Å². The fraction of sp³-hybridized carbons (Fsp3) is 0.500. The SMILES string of the molecule is N#C[C@H](NC(=O)CC1(O)CCCCC1)c1ccccc1Cl. The van der Waals surface area contributed by atoms with Crippen molar-refractivity contribution in [1.82, 2.24) is 5.32 Å². The summed E-state index contributed by atoms with van der Waals surface area (Å²) in [5, 5.41) is 22.7. The second kappa shape index (κ2) is 6.93. The molecule has 0 aromatic heterocycles. The molecule has 0 heterocycles. The molecular weight excluding hydrogens is 288 g/mol. The summed E-state index contributed by atoms with van der Waals surface area (Å²) < 4.78 is 0. The molecule has 1 fully saturated rings. The molecule has 1 saturated carbocycles. The zero-order chi connectivity index (χ0) is 15.3. The zero-order valence-electron chi connectivity index (χ0n) is 11.8. The Labute approximate surface area is 129 Å². The topological polar surface area (TPSA) is 73.1 Å². The number of hydrogen-bond acceptors (Lipinski definition) is 3. The lowest BCUT2D eigenvalue weighted by molar-refractivity contribution is -0.127. The second-order valence-corrected chi connectivity index (χ2v) is 6.02. The van der Waals surface area contributed by atoms with Gasteiger partial charge in [-0.3, -0.25) is 4.79 Å². The molecule has 2 rings (SSSR count). The summed E-state index contributed by atoms with van der Waals surface area (Å²) >= 11 is 6.05. The molecule has 0 spiro atoms. The molecule has 1 aromatic carbocycles. The number of halogens is 1. The Kier molecular flexibility index (Phi) is 5.22. The van der Waals surface area contributed by atoms with E-state index >= 15 is 0 Å². The van der Waals surface area contributed by atoms with Crippen LogP contribution in [0.1, 0.15) is 50.1 Å². The molecule has 2 N–H and O–H groups in total. The van der Waals surface area contributed by atoms with Crippen molar-refractivity contribution in [3.63, 3.8) is 0 Å². The first-order valence-electron chi connectivity index (χ1n) is 7.20. The van der Waals surface area contributed by atoms with Gasteiger partial charge in [0.25, 0.3) is 0 Å². The predicted octanol–water partition coefficient (Wildman–Crippen LogP) is 3.11. The number of amides is 1. The number of carbonyl (C=O) groups is 1. The van der Waals surface area contributed by atoms with Gasteiger partial charge in [-0.15, -0.1) is 0 Å². The van der Waals surface area contributed by atoms with Gasteiger partial charge in [0, 0.05) is 10.6 Å². The van der Waals surface area contributed by atoms with E-state index in [1.54, 1.807) is 24.3 Å². The molecule has 0 radical (unpaired) electrons. The van der Waals surface area contributed by atoms with Gasteiger partial charge in [0.05, 0.1) is 18.1 Å². The summed E-state index contributed by atoms with van der Waals surface area (Å²) in [6.45, 7) is 0. The molecule has 1 aliphatic rings. The van der Waals surface area contributed by atoms with Crippen LogP contribution in [0.2, 0.25) is 5.02 Å². The minimum absolute atomic E-state index is 0.0373. The predicted molar refractivity (Wildman–Crippen MR) is 80.6 cm³/mol. The van der Waals surface area contributed by atoms with Gasteiger partial charge in [0.15, 0.2) is 0 Å². The number of aliphatic hydroxyl groups is 1. The Balaban J connectivity index is 2.01. The van der Waals surface area contributed by atoms with E-state index in [1.165, 1.54) is 0 Å². The maximum Gasteiger partial charge on any atom is 0.224 e. The van der Waals surface area contributed by atoms with Crippen molar-refractivity contribution >= 4 is 17.5 Å². The number of rotatable bonds is 4. The molecule has 112 valence electrons. The third-order valence-electron chi connectivity index (χ3n) is 3.92. The summed E-state index contributed by atoms with van der Waals surface area (Å²) in [4.78, 5) is 12.1. The normalized spacial score (nSPS) is 18.5. The fourth-order valence-corrected chi connectivity index (χ4v) is 3.03. The van der Waals surface area contributed by atoms with Gasteiger partial charge < -0.3 is 10.4 Å². The first-order chi connectivity index (χ1) is 10.0. The van der Waals surface area contributed by atoms with Gasteiger partial charge in [0.1, 0.15) is 6.04 Å². The Hall–Kier alpha value is -1.57. The molecule has 5 heteroatoms. The number of nitrogens with zero attached hydrogens (tertiary/aromatic N) is 1. The highest BCUT2D eigenvalue weighted by Gasteiger charge is 2.32. The van der Waals surface area contributed by atoms with Gasteiger partial charge in [-0.2, -0.15) is 5.26 Å². The molecule has 0 aliphatic heterocycles. The lowest BCUT2D eigenvalue weighted by atomic mass is 9.82. The van der Waals surface area contributed by atoms with Crippen LogP contribution in [0.25, 0.3) is 0 Å². The summed E-state index contributed by atoms with van der Waals surface area (Å²) in [5.41, 5.74) is -0.353. The number of benzene rings is 1. The molecule has 0 bridgehead atoms. The van der Waals surface area contributed by atoms with Crippen LogP contribution >= 0.6 is 11.6 Å². The minimum Gasteiger partial charge on any atom is -0.389 e. The monoisotopic (exact) mass is 306 g/mol. The average molecular weight is 307 g/mol. The van der Waals surface area contributed by atoms with Crippen LogP contribution in [0.15, 0.2) is 24.3 Å². The van der Waals surface area contributed by atoms with E-state index in [4.69, 9.17) is 11.6 Å². The first kappa shape index (κ1) is 15.8. The Morgan fingerprint density at radius 1 is 1.38 bits per heavy atom. The lowest BCUT2D eigenvalue weighted by Gasteiger charge is -2.31. The Morgan fingerprint density at radius 2 is 2.05 bits per heavy atom. The van der Waals surface area contributed by atoms with E-state index in [0.29, 0.717) is 23.4 Å². The van der Waals surface area contributed by atoms with Crippen molar-refractivity contribution in [3.05, 3.63) is 34.9 Å². The standard InChI is InChI=1S/C16H19ClN2O2/c17-13-7-3-2-6-12(13)14(11-18)19-15(20)10-16(21)8-4-1-5-9-16/h2-3,6-7,14,21H,1,4-5,8-10H2,(H,19,20)/t14-/m0/s1. The van der Waals surface area contributed by atoms with Gasteiger partial charge in [-0.1, -0.05) is 49.1 Å². The van der Waals surface area contributed by atoms with Crippen molar-refractivity contribution in [1.29, 1.82) is 5.26 Å². The number of carbonyl (C=O) groups excluding carboxylic acids is 1. The maximum atomic E-state index is 12.1. The van der Waals surface area contributed by atoms with Gasteiger partial charge in [-0.05, 0) is 18.9 Å². The first-order valence-corrected chi connectivity index (χ1v) is 7.58. The minimum atomic E-state index is -0.928. The highest BCUT2D eigenvalue weighted by Crippen LogP contribution is 2.31. The smallest absolute Gasteiger partial charge is 0.224 e. The van der Waals surface area contributed by atoms with Crippen LogP contribution in [0.3, 0.4) is 0 Å². The number of nitrogens with one attached hydrogen (secondary N) is 1. The van der Waals surface area contributed by atoms with Crippen LogP contribution in [0.4, 0.5) is 0 Å². The van der Waals surface area contributed by atoms with Crippen molar-refractivity contribution < 1.29 is 9.90 Å². The van der Waals surface area contributed by atoms with E-state index in [0.717, 1.165) is 19.3 Å². The van der Waals surface area contributed by atoms with Crippen molar-refractivity contribution in [2.45, 2.75) is 50.2 Å². The quantitative estimate of drug-likeness (QED) is 0.897. The van der Waals surface area contributed by atoms with Crippen molar-refractivity contribution in [2.24, 2.45) is 0 Å². The molecular formula is C16H19ClN2O2. The summed E-state index contributed by atoms with van der Waals surface area (Å²) in [6, 6.07) is 8.19. The van der Waals surface area contributed by atoms with E-state index < -0.39 is 11.6 Å². The van der Waals surface area contributed by atoms with Crippen molar-refractivity contribution in [2.75, 3.05) is 0 Å². The van der Waals surface area contributed by atoms with Gasteiger partial charge in [-0.25, -0.2) is 0 Å². The third-order valence-corrected chi connectivity index (χ3v) is 4.27. The Morgan fingerprint density at radius 3 is 2.67 bits per heavy atom. The van der Waals surface area contributed by atoms with Gasteiger partial charge >= 0.3 is 0 Å². The fourth-order valence-electron chi connectivity index (χ4n) is 2.79. The van der Waals surface area contributed by atoms with Gasteiger partial charge in [0.2, 0.25) is 5.91 Å². The third kappa shape index (κ3) is 4.20. The highest BCUT2D eigenvalue weighted by molar-refractivity contribution is 6.31. The molecule has 0 unspecified atom stereocenters. The van der Waals surface area contributed by atoms with E-state index in [-0.39, 0.29) is 12.3 Å². The van der Waals surface area contributed by atoms with Crippen LogP contribution in [-0.2, 0) is 4.79 Å². The van der Waals surface area contributed by atoms with E-state index in [2.05, 4.69) is 5.32 Å². The lowest BCUT2D eigenvalue weighted by Crippen LogP contribution is -2.39. The van der Waals surface area contributed by atoms with E-state index in [1.807, 2.05) is 6.07 Å². The van der Waals surface area contributed by atoms with Crippen LogP contribution in [0.5, 0.6) is 0 Å². The van der Waals surface area contributed by atoms with E-state index in [9.17, 15) is 15.2 Å². The number of nitriles is 1. The molecule has 1 atom stereocenters. The summed E-state index contributed by atoms with van der Waals surface area (Å²) in [5.74, 6) is -0.314. The van der Waals surface area contributed by atoms with Crippen LogP contribution < -0.4 is 5.32 Å². The molecule has 1 aliphatic carbocycles. The largest absolute Gasteiger partial charge is 0.389 e. The van der Waals surface area contributed by atoms with Crippen LogP contribution in [0, 0.1) is 11.3 Å². The molecule has 0 saturated heterocycles. The average Bonchev–Trinajstić information content (AvgIpc) is 2.46. The molecule has 1 amide bonds. The number of hydrogen-bond donors (Lipinski definition) is 2. The highest BCUT2D eigenvalue weighted by atomic mass is 35.5. The summed E-state index contributed by atoms with van der Waals surface area (Å²) in [6.07, 6.45) is 4.30. The summed E-state index contributed by atoms with van der Waals surface area (Å²) in [7, 11) is 0. The molecule has 4 nitrogen and oxygen atoms in total. The maximum absolute atomic E-state index is 12.1. The van der Waals surface area contributed by atoms with Crippen molar-refractivity contribution in [3.8, 4) is 6.07 Å². The molecule has 21 heavy (non-hydrogen) atoms.